The van der Waals surface area contributed by atoms with Crippen LogP contribution >= 0.6 is 0 Å². The molecule has 122 valence electrons. The number of pyridine rings is 1. The molecular weight excluding hydrogens is 286 g/mol. The second-order valence-electron chi connectivity index (χ2n) is 5.97. The van der Waals surface area contributed by atoms with Gasteiger partial charge in [-0.15, -0.1) is 0 Å². The highest BCUT2D eigenvalue weighted by Gasteiger charge is 2.14. The summed E-state index contributed by atoms with van der Waals surface area (Å²) in [4.78, 5) is 18.9. The first-order valence-corrected chi connectivity index (χ1v) is 7.98. The fourth-order valence-electron chi connectivity index (χ4n) is 2.49. The molecule has 2 rings (SSSR count). The van der Waals surface area contributed by atoms with Crippen LogP contribution in [0, 0.1) is 6.92 Å². The van der Waals surface area contributed by atoms with Crippen LogP contribution in [0.4, 0.5) is 5.69 Å². The van der Waals surface area contributed by atoms with Crippen molar-refractivity contribution in [2.24, 2.45) is 0 Å². The number of aryl methyl sites for hydroxylation is 1. The standard InChI is InChI=1S/C19H25N3O/c1-5-17(18-8-6-7-14(2)20-18)21-19(23)13-15-9-11-16(12-10-15)22(3)4/h6-12,17H,5,13H2,1-4H3,(H,21,23). The van der Waals surface area contributed by atoms with Crippen molar-refractivity contribution >= 4 is 11.6 Å². The van der Waals surface area contributed by atoms with Gasteiger partial charge in [-0.3, -0.25) is 9.78 Å². The van der Waals surface area contributed by atoms with Crippen LogP contribution in [-0.2, 0) is 11.2 Å². The Balaban J connectivity index is 2.00. The van der Waals surface area contributed by atoms with Crippen LogP contribution in [0.1, 0.15) is 36.3 Å². The number of carbonyl (C=O) groups is 1. The van der Waals surface area contributed by atoms with Crippen molar-refractivity contribution in [1.82, 2.24) is 10.3 Å². The highest BCUT2D eigenvalue weighted by atomic mass is 16.1. The number of amides is 1. The molecule has 1 atom stereocenters. The number of nitrogens with one attached hydrogen (secondary N) is 1. The Morgan fingerprint density at radius 2 is 1.87 bits per heavy atom. The SMILES string of the molecule is CCC(NC(=O)Cc1ccc(N(C)C)cc1)c1cccc(C)n1. The van der Waals surface area contributed by atoms with Crippen molar-refractivity contribution in [3.05, 3.63) is 59.4 Å². The minimum Gasteiger partial charge on any atom is -0.378 e. The van der Waals surface area contributed by atoms with Crippen LogP contribution in [0.2, 0.25) is 0 Å². The van der Waals surface area contributed by atoms with E-state index in [-0.39, 0.29) is 11.9 Å². The van der Waals surface area contributed by atoms with E-state index in [0.29, 0.717) is 6.42 Å². The van der Waals surface area contributed by atoms with Crippen molar-refractivity contribution in [3.63, 3.8) is 0 Å². The minimum absolute atomic E-state index is 0.0257. The van der Waals surface area contributed by atoms with Crippen LogP contribution in [-0.4, -0.2) is 25.0 Å². The number of benzene rings is 1. The molecule has 0 aliphatic heterocycles. The maximum Gasteiger partial charge on any atom is 0.224 e. The molecule has 2 aromatic rings. The maximum absolute atomic E-state index is 12.3. The van der Waals surface area contributed by atoms with Gasteiger partial charge in [-0.1, -0.05) is 25.1 Å². The van der Waals surface area contributed by atoms with Gasteiger partial charge < -0.3 is 10.2 Å². The van der Waals surface area contributed by atoms with Gasteiger partial charge in [-0.25, -0.2) is 0 Å². The Morgan fingerprint density at radius 1 is 1.17 bits per heavy atom. The molecule has 0 aliphatic rings. The van der Waals surface area contributed by atoms with Crippen LogP contribution in [0.3, 0.4) is 0 Å². The summed E-state index contributed by atoms with van der Waals surface area (Å²) >= 11 is 0. The number of rotatable bonds is 6. The van der Waals surface area contributed by atoms with Gasteiger partial charge in [0.25, 0.3) is 0 Å². The summed E-state index contributed by atoms with van der Waals surface area (Å²) in [5.41, 5.74) is 4.03. The highest BCUT2D eigenvalue weighted by molar-refractivity contribution is 5.79. The summed E-state index contributed by atoms with van der Waals surface area (Å²) in [6, 6.07) is 13.9. The lowest BCUT2D eigenvalue weighted by molar-refractivity contribution is -0.121. The molecule has 1 heterocycles. The molecule has 1 aromatic heterocycles. The van der Waals surface area contributed by atoms with E-state index >= 15 is 0 Å². The Hall–Kier alpha value is -2.36. The average molecular weight is 311 g/mol. The summed E-state index contributed by atoms with van der Waals surface area (Å²) < 4.78 is 0. The first kappa shape index (κ1) is 17.0. The number of hydrogen-bond donors (Lipinski definition) is 1. The lowest BCUT2D eigenvalue weighted by Gasteiger charge is -2.17. The van der Waals surface area contributed by atoms with E-state index in [1.165, 1.54) is 0 Å². The third-order valence-corrected chi connectivity index (χ3v) is 3.83. The van der Waals surface area contributed by atoms with Gasteiger partial charge in [0, 0.05) is 25.5 Å². The Morgan fingerprint density at radius 3 is 2.43 bits per heavy atom. The molecule has 0 saturated heterocycles. The molecule has 0 spiro atoms. The number of carbonyl (C=O) groups excluding carboxylic acids is 1. The molecule has 0 bridgehead atoms. The van der Waals surface area contributed by atoms with Crippen molar-refractivity contribution in [3.8, 4) is 0 Å². The fourth-order valence-corrected chi connectivity index (χ4v) is 2.49. The zero-order valence-corrected chi connectivity index (χ0v) is 14.3. The van der Waals surface area contributed by atoms with Crippen LogP contribution in [0.15, 0.2) is 42.5 Å². The number of anilines is 1. The van der Waals surface area contributed by atoms with E-state index in [1.807, 2.05) is 68.4 Å². The summed E-state index contributed by atoms with van der Waals surface area (Å²) in [5.74, 6) is 0.0257. The molecule has 0 fully saturated rings. The summed E-state index contributed by atoms with van der Waals surface area (Å²) in [5, 5.41) is 3.08. The van der Waals surface area contributed by atoms with E-state index in [2.05, 4.69) is 17.2 Å². The van der Waals surface area contributed by atoms with Crippen molar-refractivity contribution in [2.45, 2.75) is 32.7 Å². The van der Waals surface area contributed by atoms with Crippen LogP contribution < -0.4 is 10.2 Å². The highest BCUT2D eigenvalue weighted by Crippen LogP contribution is 2.16. The van der Waals surface area contributed by atoms with Gasteiger partial charge in [-0.2, -0.15) is 0 Å². The van der Waals surface area contributed by atoms with E-state index in [4.69, 9.17) is 0 Å². The quantitative estimate of drug-likeness (QED) is 0.890. The predicted octanol–water partition coefficient (Wildman–Crippen LogP) is 3.27. The summed E-state index contributed by atoms with van der Waals surface area (Å²) in [7, 11) is 4.00. The molecule has 23 heavy (non-hydrogen) atoms. The smallest absolute Gasteiger partial charge is 0.224 e. The van der Waals surface area contributed by atoms with Gasteiger partial charge in [0.2, 0.25) is 5.91 Å². The van der Waals surface area contributed by atoms with Crippen LogP contribution in [0.5, 0.6) is 0 Å². The molecule has 1 amide bonds. The number of aromatic nitrogens is 1. The van der Waals surface area contributed by atoms with Gasteiger partial charge in [0.05, 0.1) is 18.2 Å². The van der Waals surface area contributed by atoms with Crippen molar-refractivity contribution in [2.75, 3.05) is 19.0 Å². The molecule has 0 saturated carbocycles. The first-order chi connectivity index (χ1) is 11.0. The first-order valence-electron chi connectivity index (χ1n) is 7.98. The molecule has 1 N–H and O–H groups in total. The van der Waals surface area contributed by atoms with E-state index < -0.39 is 0 Å². The largest absolute Gasteiger partial charge is 0.378 e. The third-order valence-electron chi connectivity index (χ3n) is 3.83. The van der Waals surface area contributed by atoms with Gasteiger partial charge >= 0.3 is 0 Å². The Kier molecular flexibility index (Phi) is 5.74. The normalized spacial score (nSPS) is 11.8. The van der Waals surface area contributed by atoms with Gasteiger partial charge in [0.15, 0.2) is 0 Å². The van der Waals surface area contributed by atoms with Crippen molar-refractivity contribution < 1.29 is 4.79 Å². The summed E-state index contributed by atoms with van der Waals surface area (Å²) in [6.45, 7) is 4.02. The van der Waals surface area contributed by atoms with Crippen molar-refractivity contribution in [1.29, 1.82) is 0 Å². The van der Waals surface area contributed by atoms with Gasteiger partial charge in [0.1, 0.15) is 0 Å². The van der Waals surface area contributed by atoms with E-state index in [1.54, 1.807) is 0 Å². The average Bonchev–Trinajstić information content (AvgIpc) is 2.53. The number of nitrogens with zero attached hydrogens (tertiary/aromatic N) is 2. The number of hydrogen-bond acceptors (Lipinski definition) is 3. The molecule has 1 aromatic carbocycles. The molecule has 1 unspecified atom stereocenters. The lowest BCUT2D eigenvalue weighted by atomic mass is 10.1. The van der Waals surface area contributed by atoms with Crippen LogP contribution in [0.25, 0.3) is 0 Å². The maximum atomic E-state index is 12.3. The Labute approximate surface area is 138 Å². The predicted molar refractivity (Wildman–Crippen MR) is 94.6 cm³/mol. The second-order valence-corrected chi connectivity index (χ2v) is 5.97. The van der Waals surface area contributed by atoms with E-state index in [9.17, 15) is 4.79 Å². The molecule has 4 heteroatoms. The minimum atomic E-state index is -0.0385. The lowest BCUT2D eigenvalue weighted by Crippen LogP contribution is -2.30. The fraction of sp³-hybridized carbons (Fsp3) is 0.368. The molecule has 0 radical (unpaired) electrons. The zero-order valence-electron chi connectivity index (χ0n) is 14.3. The second kappa shape index (κ2) is 7.77. The Bertz CT molecular complexity index is 650. The zero-order chi connectivity index (χ0) is 16.8. The molecule has 4 nitrogen and oxygen atoms in total. The van der Waals surface area contributed by atoms with Gasteiger partial charge in [-0.05, 0) is 43.2 Å². The topological polar surface area (TPSA) is 45.2 Å². The third kappa shape index (κ3) is 4.81. The summed E-state index contributed by atoms with van der Waals surface area (Å²) in [6.07, 6.45) is 1.21. The van der Waals surface area contributed by atoms with E-state index in [0.717, 1.165) is 29.1 Å². The monoisotopic (exact) mass is 311 g/mol. The molecule has 0 aliphatic carbocycles. The molecular formula is C19H25N3O.